The Bertz CT molecular complexity index is 978. The third kappa shape index (κ3) is 5.11. The molecule has 0 radical (unpaired) electrons. The number of benzene rings is 2. The first-order valence-electron chi connectivity index (χ1n) is 11.1. The maximum atomic E-state index is 10.6. The second-order valence-electron chi connectivity index (χ2n) is 8.62. The zero-order valence-electron chi connectivity index (χ0n) is 17.6. The summed E-state index contributed by atoms with van der Waals surface area (Å²) in [5, 5.41) is 16.3. The fourth-order valence-electron chi connectivity index (χ4n) is 4.77. The molecule has 1 aliphatic carbocycles. The second-order valence-corrected chi connectivity index (χ2v) is 9.54. The summed E-state index contributed by atoms with van der Waals surface area (Å²) in [5.74, 6) is -0.0637. The lowest BCUT2D eigenvalue weighted by Crippen LogP contribution is -2.29. The molecule has 1 heterocycles. The number of carboxylic acid groups (broad SMARTS) is 1. The normalized spacial score (nSPS) is 19.9. The molecule has 30 heavy (non-hydrogen) atoms. The average molecular weight is 422 g/mol. The Morgan fingerprint density at radius 3 is 2.73 bits per heavy atom. The summed E-state index contributed by atoms with van der Waals surface area (Å²) >= 11 is 1.84. The number of rotatable bonds is 9. The van der Waals surface area contributed by atoms with Crippen LogP contribution in [-0.4, -0.2) is 17.1 Å². The summed E-state index contributed by atoms with van der Waals surface area (Å²) in [6, 6.07) is 18.7. The second kappa shape index (κ2) is 9.76. The molecule has 2 aromatic carbocycles. The molecule has 0 aliphatic heterocycles. The molecule has 0 amide bonds. The van der Waals surface area contributed by atoms with Crippen molar-refractivity contribution in [3.05, 3.63) is 70.6 Å². The van der Waals surface area contributed by atoms with Gasteiger partial charge in [0.2, 0.25) is 0 Å². The molecule has 3 aromatic rings. The minimum Gasteiger partial charge on any atom is -0.481 e. The first kappa shape index (κ1) is 21.1. The Labute approximate surface area is 183 Å². The van der Waals surface area contributed by atoms with E-state index in [0.29, 0.717) is 18.0 Å². The maximum Gasteiger partial charge on any atom is 0.303 e. The van der Waals surface area contributed by atoms with Gasteiger partial charge in [-0.3, -0.25) is 4.79 Å². The van der Waals surface area contributed by atoms with Crippen LogP contribution >= 0.6 is 11.3 Å². The summed E-state index contributed by atoms with van der Waals surface area (Å²) in [7, 11) is 0. The van der Waals surface area contributed by atoms with E-state index in [9.17, 15) is 4.79 Å². The highest BCUT2D eigenvalue weighted by Crippen LogP contribution is 2.37. The van der Waals surface area contributed by atoms with E-state index in [-0.39, 0.29) is 6.42 Å². The smallest absolute Gasteiger partial charge is 0.303 e. The minimum atomic E-state index is -0.698. The van der Waals surface area contributed by atoms with Crippen molar-refractivity contribution in [3.63, 3.8) is 0 Å². The molecule has 4 heteroatoms. The number of aryl methyl sites for hydroxylation is 1. The molecule has 0 bridgehead atoms. The van der Waals surface area contributed by atoms with E-state index in [1.165, 1.54) is 46.0 Å². The molecule has 3 atom stereocenters. The lowest BCUT2D eigenvalue weighted by molar-refractivity contribution is -0.137. The van der Waals surface area contributed by atoms with Crippen LogP contribution in [0.5, 0.6) is 0 Å². The fraction of sp³-hybridized carbons (Fsp3) is 0.423. The molecule has 3 nitrogen and oxygen atoms in total. The lowest BCUT2D eigenvalue weighted by atomic mass is 9.95. The largest absolute Gasteiger partial charge is 0.481 e. The molecular formula is C26H31NO2S. The van der Waals surface area contributed by atoms with Gasteiger partial charge in [-0.1, -0.05) is 42.5 Å². The highest BCUT2D eigenvalue weighted by atomic mass is 32.1. The number of nitrogens with one attached hydrogen (secondary N) is 1. The summed E-state index contributed by atoms with van der Waals surface area (Å²) in [5.41, 5.74) is 4.18. The quantitative estimate of drug-likeness (QED) is 0.379. The fourth-order valence-corrected chi connectivity index (χ4v) is 5.83. The van der Waals surface area contributed by atoms with Crippen LogP contribution in [0.1, 0.15) is 74.1 Å². The highest BCUT2D eigenvalue weighted by molar-refractivity contribution is 7.17. The number of hydrogen-bond acceptors (Lipinski definition) is 3. The van der Waals surface area contributed by atoms with E-state index < -0.39 is 5.97 Å². The number of unbranched alkanes of at least 4 members (excludes halogenated alkanes) is 1. The standard InChI is InChI=1S/C26H31NO2S/c1-18(24-17-30-25-8-4-3-7-23(24)25)27-22-15-14-21(16-22)20-12-10-19(11-13-20)6-2-5-9-26(28)29/h3-4,7-8,10-13,17-18,21-22,27H,2,5-6,9,14-16H2,1H3,(H,28,29). The van der Waals surface area contributed by atoms with Crippen LogP contribution in [-0.2, 0) is 11.2 Å². The van der Waals surface area contributed by atoms with Gasteiger partial charge in [0.15, 0.2) is 0 Å². The van der Waals surface area contributed by atoms with Crippen molar-refractivity contribution in [3.8, 4) is 0 Å². The van der Waals surface area contributed by atoms with Crippen LogP contribution in [0.3, 0.4) is 0 Å². The zero-order valence-corrected chi connectivity index (χ0v) is 18.5. The van der Waals surface area contributed by atoms with Crippen molar-refractivity contribution in [2.45, 2.75) is 69.9 Å². The van der Waals surface area contributed by atoms with Crippen LogP contribution in [0.4, 0.5) is 0 Å². The molecule has 4 rings (SSSR count). The molecule has 1 aliphatic rings. The van der Waals surface area contributed by atoms with Crippen molar-refractivity contribution in [1.82, 2.24) is 5.32 Å². The van der Waals surface area contributed by atoms with Gasteiger partial charge < -0.3 is 10.4 Å². The lowest BCUT2D eigenvalue weighted by Gasteiger charge is -2.20. The first-order chi connectivity index (χ1) is 14.6. The third-order valence-electron chi connectivity index (χ3n) is 6.45. The Balaban J connectivity index is 1.29. The van der Waals surface area contributed by atoms with Gasteiger partial charge >= 0.3 is 5.97 Å². The number of carboxylic acids is 1. The Morgan fingerprint density at radius 1 is 1.13 bits per heavy atom. The van der Waals surface area contributed by atoms with Crippen LogP contribution in [0, 0.1) is 0 Å². The molecule has 0 saturated heterocycles. The maximum absolute atomic E-state index is 10.6. The minimum absolute atomic E-state index is 0.272. The predicted octanol–water partition coefficient (Wildman–Crippen LogP) is 6.69. The first-order valence-corrected chi connectivity index (χ1v) is 12.0. The van der Waals surface area contributed by atoms with Crippen LogP contribution in [0.2, 0.25) is 0 Å². The van der Waals surface area contributed by atoms with Crippen molar-refractivity contribution < 1.29 is 9.90 Å². The number of fused-ring (bicyclic) bond motifs is 1. The van der Waals surface area contributed by atoms with E-state index >= 15 is 0 Å². The zero-order chi connectivity index (χ0) is 20.9. The summed E-state index contributed by atoms with van der Waals surface area (Å²) in [4.78, 5) is 10.6. The van der Waals surface area contributed by atoms with Gasteiger partial charge in [0.05, 0.1) is 0 Å². The molecule has 2 N–H and O–H groups in total. The van der Waals surface area contributed by atoms with Gasteiger partial charge in [0.25, 0.3) is 0 Å². The van der Waals surface area contributed by atoms with Gasteiger partial charge in [-0.15, -0.1) is 11.3 Å². The summed E-state index contributed by atoms with van der Waals surface area (Å²) < 4.78 is 1.37. The Kier molecular flexibility index (Phi) is 6.86. The van der Waals surface area contributed by atoms with Crippen LogP contribution in [0.25, 0.3) is 10.1 Å². The molecule has 1 saturated carbocycles. The van der Waals surface area contributed by atoms with E-state index in [0.717, 1.165) is 19.3 Å². The van der Waals surface area contributed by atoms with Crippen molar-refractivity contribution in [2.24, 2.45) is 0 Å². The van der Waals surface area contributed by atoms with E-state index in [1.807, 2.05) is 11.3 Å². The van der Waals surface area contributed by atoms with Crippen LogP contribution < -0.4 is 5.32 Å². The highest BCUT2D eigenvalue weighted by Gasteiger charge is 2.27. The van der Waals surface area contributed by atoms with Crippen molar-refractivity contribution >= 4 is 27.4 Å². The van der Waals surface area contributed by atoms with E-state index in [2.05, 4.69) is 66.2 Å². The van der Waals surface area contributed by atoms with Gasteiger partial charge in [-0.05, 0) is 84.9 Å². The Morgan fingerprint density at radius 2 is 1.93 bits per heavy atom. The molecule has 158 valence electrons. The van der Waals surface area contributed by atoms with E-state index in [4.69, 9.17) is 5.11 Å². The van der Waals surface area contributed by atoms with E-state index in [1.54, 1.807) is 0 Å². The van der Waals surface area contributed by atoms with Crippen molar-refractivity contribution in [2.75, 3.05) is 0 Å². The SMILES string of the molecule is CC(NC1CCC(c2ccc(CCCCC(=O)O)cc2)C1)c1csc2ccccc12. The monoisotopic (exact) mass is 421 g/mol. The number of hydrogen-bond donors (Lipinski definition) is 2. The Hall–Kier alpha value is -2.17. The predicted molar refractivity (Wildman–Crippen MR) is 125 cm³/mol. The molecule has 1 fully saturated rings. The average Bonchev–Trinajstić information content (AvgIpc) is 3.38. The molecular weight excluding hydrogens is 390 g/mol. The molecule has 3 unspecified atom stereocenters. The van der Waals surface area contributed by atoms with Gasteiger partial charge in [0.1, 0.15) is 0 Å². The summed E-state index contributed by atoms with van der Waals surface area (Å²) in [6.45, 7) is 2.29. The number of carbonyl (C=O) groups is 1. The number of aliphatic carboxylic acids is 1. The topological polar surface area (TPSA) is 49.3 Å². The van der Waals surface area contributed by atoms with Gasteiger partial charge in [-0.2, -0.15) is 0 Å². The molecule has 0 spiro atoms. The van der Waals surface area contributed by atoms with Crippen molar-refractivity contribution in [1.29, 1.82) is 0 Å². The van der Waals surface area contributed by atoms with Gasteiger partial charge in [-0.25, -0.2) is 0 Å². The number of thiophene rings is 1. The summed E-state index contributed by atoms with van der Waals surface area (Å²) in [6.07, 6.45) is 6.61. The van der Waals surface area contributed by atoms with Gasteiger partial charge in [0, 0.05) is 23.2 Å². The molecule has 1 aromatic heterocycles. The van der Waals surface area contributed by atoms with Crippen LogP contribution in [0.15, 0.2) is 53.9 Å². The third-order valence-corrected chi connectivity index (χ3v) is 7.43.